The second kappa shape index (κ2) is 7.40. The standard InChI is InChI=1S/C17H20N4O4S/c1-19-10-12-20(13-11-19)26(24,25)15-8-6-14(7-9-15)18-16-4-2-3-5-17(16)21(22)23/h2-9,18H,10-13H2,1H3/p+1. The predicted octanol–water partition coefficient (Wildman–Crippen LogP) is 0.857. The summed E-state index contributed by atoms with van der Waals surface area (Å²) in [6, 6.07) is 12.6. The van der Waals surface area contributed by atoms with Gasteiger partial charge in [-0.05, 0) is 30.3 Å². The van der Waals surface area contributed by atoms with Crippen LogP contribution in [0, 0.1) is 10.1 Å². The number of nitro benzene ring substituents is 1. The van der Waals surface area contributed by atoms with Gasteiger partial charge in [0.2, 0.25) is 10.0 Å². The highest BCUT2D eigenvalue weighted by Crippen LogP contribution is 2.27. The molecule has 2 aromatic rings. The quantitative estimate of drug-likeness (QED) is 0.595. The van der Waals surface area contributed by atoms with Crippen LogP contribution in [0.5, 0.6) is 0 Å². The molecule has 138 valence electrons. The maximum atomic E-state index is 12.7. The number of piperazine rings is 1. The van der Waals surface area contributed by atoms with E-state index in [0.717, 1.165) is 13.1 Å². The second-order valence-corrected chi connectivity index (χ2v) is 8.22. The number of benzene rings is 2. The van der Waals surface area contributed by atoms with Crippen molar-refractivity contribution in [1.29, 1.82) is 0 Å². The van der Waals surface area contributed by atoms with Crippen molar-refractivity contribution in [2.45, 2.75) is 4.90 Å². The third-order valence-corrected chi connectivity index (χ3v) is 6.36. The van der Waals surface area contributed by atoms with Crippen LogP contribution in [0.15, 0.2) is 53.4 Å². The average Bonchev–Trinajstić information content (AvgIpc) is 2.63. The summed E-state index contributed by atoms with van der Waals surface area (Å²) in [7, 11) is -1.46. The summed E-state index contributed by atoms with van der Waals surface area (Å²) < 4.78 is 26.9. The summed E-state index contributed by atoms with van der Waals surface area (Å²) in [6.45, 7) is 2.59. The highest BCUT2D eigenvalue weighted by Gasteiger charge is 2.29. The lowest BCUT2D eigenvalue weighted by Gasteiger charge is -2.29. The largest absolute Gasteiger partial charge is 0.350 e. The predicted molar refractivity (Wildman–Crippen MR) is 98.2 cm³/mol. The summed E-state index contributed by atoms with van der Waals surface area (Å²) in [5, 5.41) is 14.0. The lowest BCUT2D eigenvalue weighted by molar-refractivity contribution is -0.883. The molecule has 8 nitrogen and oxygen atoms in total. The first-order chi connectivity index (χ1) is 12.4. The maximum Gasteiger partial charge on any atom is 0.292 e. The summed E-state index contributed by atoms with van der Waals surface area (Å²) >= 11 is 0. The molecule has 0 atom stereocenters. The normalized spacial score (nSPS) is 16.3. The van der Waals surface area contributed by atoms with Crippen molar-refractivity contribution in [3.8, 4) is 0 Å². The van der Waals surface area contributed by atoms with E-state index in [9.17, 15) is 18.5 Å². The molecule has 1 fully saturated rings. The minimum absolute atomic E-state index is 0.0378. The summed E-state index contributed by atoms with van der Waals surface area (Å²) in [4.78, 5) is 12.2. The number of hydrogen-bond acceptors (Lipinski definition) is 5. The van der Waals surface area contributed by atoms with Crippen molar-refractivity contribution >= 4 is 27.1 Å². The van der Waals surface area contributed by atoms with Crippen LogP contribution in [0.3, 0.4) is 0 Å². The van der Waals surface area contributed by atoms with Crippen molar-refractivity contribution in [3.63, 3.8) is 0 Å². The molecule has 0 aromatic heterocycles. The van der Waals surface area contributed by atoms with Gasteiger partial charge in [0.25, 0.3) is 5.69 Å². The number of likely N-dealkylation sites (N-methyl/N-ethyl adjacent to an activating group) is 1. The molecule has 3 rings (SSSR count). The van der Waals surface area contributed by atoms with Crippen molar-refractivity contribution in [2.75, 3.05) is 38.5 Å². The van der Waals surface area contributed by atoms with Crippen LogP contribution in [0.2, 0.25) is 0 Å². The minimum atomic E-state index is -3.51. The highest BCUT2D eigenvalue weighted by molar-refractivity contribution is 7.89. The van der Waals surface area contributed by atoms with Crippen molar-refractivity contribution in [1.82, 2.24) is 4.31 Å². The molecular formula is C17H21N4O4S+. The number of rotatable bonds is 5. The number of sulfonamides is 1. The Morgan fingerprint density at radius 3 is 2.31 bits per heavy atom. The van der Waals surface area contributed by atoms with Gasteiger partial charge >= 0.3 is 0 Å². The number of nitro groups is 1. The molecule has 1 aliphatic heterocycles. The molecular weight excluding hydrogens is 356 g/mol. The number of anilines is 2. The van der Waals surface area contributed by atoms with E-state index in [0.29, 0.717) is 24.5 Å². The van der Waals surface area contributed by atoms with Crippen molar-refractivity contribution in [2.24, 2.45) is 0 Å². The van der Waals surface area contributed by atoms with E-state index < -0.39 is 14.9 Å². The Labute approximate surface area is 152 Å². The fourth-order valence-corrected chi connectivity index (χ4v) is 4.30. The average molecular weight is 377 g/mol. The fourth-order valence-electron chi connectivity index (χ4n) is 2.86. The zero-order valence-electron chi connectivity index (χ0n) is 14.4. The highest BCUT2D eigenvalue weighted by atomic mass is 32.2. The van der Waals surface area contributed by atoms with E-state index in [2.05, 4.69) is 5.32 Å². The third-order valence-electron chi connectivity index (χ3n) is 4.45. The van der Waals surface area contributed by atoms with Gasteiger partial charge in [0.1, 0.15) is 5.69 Å². The Kier molecular flexibility index (Phi) is 5.21. The van der Waals surface area contributed by atoms with E-state index in [-0.39, 0.29) is 10.6 Å². The molecule has 0 amide bonds. The van der Waals surface area contributed by atoms with Crippen LogP contribution in [0.4, 0.5) is 17.1 Å². The van der Waals surface area contributed by atoms with Gasteiger partial charge in [-0.25, -0.2) is 8.42 Å². The van der Waals surface area contributed by atoms with Gasteiger partial charge in [-0.15, -0.1) is 0 Å². The van der Waals surface area contributed by atoms with Gasteiger partial charge in [0.05, 0.1) is 43.0 Å². The van der Waals surface area contributed by atoms with E-state index in [1.165, 1.54) is 27.4 Å². The van der Waals surface area contributed by atoms with Crippen LogP contribution < -0.4 is 10.2 Å². The number of hydrogen-bond donors (Lipinski definition) is 2. The van der Waals surface area contributed by atoms with Gasteiger partial charge in [-0.3, -0.25) is 10.1 Å². The van der Waals surface area contributed by atoms with E-state index in [4.69, 9.17) is 0 Å². The molecule has 1 heterocycles. The Morgan fingerprint density at radius 1 is 1.08 bits per heavy atom. The van der Waals surface area contributed by atoms with Gasteiger partial charge in [0.15, 0.2) is 0 Å². The number of nitrogens with one attached hydrogen (secondary N) is 2. The van der Waals surface area contributed by atoms with Gasteiger partial charge < -0.3 is 10.2 Å². The minimum Gasteiger partial charge on any atom is -0.350 e. The Bertz CT molecular complexity index is 891. The molecule has 0 unspecified atom stereocenters. The summed E-state index contributed by atoms with van der Waals surface area (Å²) in [5.74, 6) is 0. The summed E-state index contributed by atoms with van der Waals surface area (Å²) in [6.07, 6.45) is 0. The zero-order valence-corrected chi connectivity index (χ0v) is 15.2. The number of quaternary nitrogens is 1. The van der Waals surface area contributed by atoms with Crippen LogP contribution in [-0.2, 0) is 10.0 Å². The monoisotopic (exact) mass is 377 g/mol. The molecule has 1 saturated heterocycles. The molecule has 26 heavy (non-hydrogen) atoms. The second-order valence-electron chi connectivity index (χ2n) is 6.28. The summed E-state index contributed by atoms with van der Waals surface area (Å²) in [5.41, 5.74) is 0.903. The molecule has 2 N–H and O–H groups in total. The van der Waals surface area contributed by atoms with E-state index >= 15 is 0 Å². The lowest BCUT2D eigenvalue weighted by Crippen LogP contribution is -3.12. The van der Waals surface area contributed by atoms with Crippen LogP contribution in [-0.4, -0.2) is 50.9 Å². The molecule has 0 aliphatic carbocycles. The molecule has 0 saturated carbocycles. The Hall–Kier alpha value is -2.49. The Morgan fingerprint density at radius 2 is 1.69 bits per heavy atom. The van der Waals surface area contributed by atoms with Crippen molar-refractivity contribution in [3.05, 3.63) is 58.6 Å². The number of nitrogens with zero attached hydrogens (tertiary/aromatic N) is 2. The maximum absolute atomic E-state index is 12.7. The first-order valence-electron chi connectivity index (χ1n) is 8.30. The molecule has 2 aromatic carbocycles. The van der Waals surface area contributed by atoms with Gasteiger partial charge in [-0.1, -0.05) is 12.1 Å². The SMILES string of the molecule is C[NH+]1CCN(S(=O)(=O)c2ccc(Nc3ccccc3[N+](=O)[O-])cc2)CC1. The lowest BCUT2D eigenvalue weighted by atomic mass is 10.2. The fraction of sp³-hybridized carbons (Fsp3) is 0.294. The van der Waals surface area contributed by atoms with Crippen LogP contribution in [0.1, 0.15) is 0 Å². The van der Waals surface area contributed by atoms with Crippen LogP contribution >= 0.6 is 0 Å². The molecule has 1 aliphatic rings. The third kappa shape index (κ3) is 3.85. The molecule has 0 spiro atoms. The van der Waals surface area contributed by atoms with Gasteiger partial charge in [-0.2, -0.15) is 4.31 Å². The van der Waals surface area contributed by atoms with E-state index in [1.807, 2.05) is 7.05 Å². The molecule has 0 radical (unpaired) electrons. The topological polar surface area (TPSA) is 97.0 Å². The zero-order chi connectivity index (χ0) is 18.7. The Balaban J connectivity index is 1.78. The first-order valence-corrected chi connectivity index (χ1v) is 9.74. The van der Waals surface area contributed by atoms with E-state index in [1.54, 1.807) is 30.3 Å². The van der Waals surface area contributed by atoms with Crippen LogP contribution in [0.25, 0.3) is 0 Å². The number of para-hydroxylation sites is 2. The molecule has 9 heteroatoms. The molecule has 0 bridgehead atoms. The van der Waals surface area contributed by atoms with Gasteiger partial charge in [0, 0.05) is 11.8 Å². The smallest absolute Gasteiger partial charge is 0.292 e. The van der Waals surface area contributed by atoms with Crippen molar-refractivity contribution < 1.29 is 18.2 Å². The first kappa shape index (κ1) is 18.3.